The van der Waals surface area contributed by atoms with E-state index in [2.05, 4.69) is 108 Å². The lowest BCUT2D eigenvalue weighted by Crippen LogP contribution is -2.33. The van der Waals surface area contributed by atoms with Crippen LogP contribution in [0, 0.1) is 5.92 Å². The monoisotopic (exact) mass is 435 g/mol. The number of rotatable bonds is 8. The largest absolute Gasteiger partial charge is 0.369 e. The van der Waals surface area contributed by atoms with Crippen molar-refractivity contribution in [1.29, 1.82) is 0 Å². The second kappa shape index (κ2) is 10.8. The molecule has 0 N–H and O–H groups in total. The van der Waals surface area contributed by atoms with Crippen molar-refractivity contribution in [2.45, 2.75) is 31.9 Å². The molecule has 1 heterocycles. The molecule has 2 heteroatoms. The summed E-state index contributed by atoms with van der Waals surface area (Å²) in [5, 5.41) is 2.73. The lowest BCUT2D eigenvalue weighted by molar-refractivity contribution is 0.0596. The SMILES string of the molecule is c1ccc(C(OCCC2CCN(Cc3cccc4ccccc34)CC2)c2ccccc2)cc1. The maximum Gasteiger partial charge on any atom is 0.108 e. The summed E-state index contributed by atoms with van der Waals surface area (Å²) in [6, 6.07) is 36.6. The number of piperidine rings is 1. The first-order valence-electron chi connectivity index (χ1n) is 12.3. The quantitative estimate of drug-likeness (QED) is 0.289. The molecule has 0 spiro atoms. The van der Waals surface area contributed by atoms with Crippen LogP contribution in [0.1, 0.15) is 42.1 Å². The van der Waals surface area contributed by atoms with Crippen LogP contribution in [0.4, 0.5) is 0 Å². The van der Waals surface area contributed by atoms with Crippen molar-refractivity contribution in [2.75, 3.05) is 19.7 Å². The highest BCUT2D eigenvalue weighted by Gasteiger charge is 2.21. The maximum atomic E-state index is 6.47. The zero-order chi connectivity index (χ0) is 22.3. The molecule has 5 rings (SSSR count). The molecule has 4 aromatic carbocycles. The molecule has 0 bridgehead atoms. The van der Waals surface area contributed by atoms with Gasteiger partial charge in [-0.3, -0.25) is 4.90 Å². The summed E-state index contributed by atoms with van der Waals surface area (Å²) < 4.78 is 6.47. The molecule has 4 aromatic rings. The fraction of sp³-hybridized carbons (Fsp3) is 0.290. The van der Waals surface area contributed by atoms with Gasteiger partial charge in [0, 0.05) is 13.2 Å². The van der Waals surface area contributed by atoms with Crippen LogP contribution in [0.5, 0.6) is 0 Å². The van der Waals surface area contributed by atoms with Crippen LogP contribution in [-0.4, -0.2) is 24.6 Å². The molecule has 2 nitrogen and oxygen atoms in total. The minimum Gasteiger partial charge on any atom is -0.369 e. The maximum absolute atomic E-state index is 6.47. The van der Waals surface area contributed by atoms with Crippen LogP contribution in [0.3, 0.4) is 0 Å². The van der Waals surface area contributed by atoms with Gasteiger partial charge in [0.2, 0.25) is 0 Å². The molecular formula is C31H33NO. The zero-order valence-electron chi connectivity index (χ0n) is 19.3. The molecule has 1 fully saturated rings. The Bertz CT molecular complexity index is 1090. The van der Waals surface area contributed by atoms with Crippen LogP contribution < -0.4 is 0 Å². The van der Waals surface area contributed by atoms with Crippen molar-refractivity contribution < 1.29 is 4.74 Å². The van der Waals surface area contributed by atoms with Crippen molar-refractivity contribution >= 4 is 10.8 Å². The normalized spacial score (nSPS) is 15.3. The zero-order valence-corrected chi connectivity index (χ0v) is 19.3. The molecule has 0 aliphatic carbocycles. The van der Waals surface area contributed by atoms with Crippen molar-refractivity contribution in [3.63, 3.8) is 0 Å². The summed E-state index contributed by atoms with van der Waals surface area (Å²) in [7, 11) is 0. The second-order valence-corrected chi connectivity index (χ2v) is 9.22. The van der Waals surface area contributed by atoms with Gasteiger partial charge in [-0.2, -0.15) is 0 Å². The number of hydrogen-bond acceptors (Lipinski definition) is 2. The van der Waals surface area contributed by atoms with E-state index in [1.165, 1.54) is 53.4 Å². The van der Waals surface area contributed by atoms with Crippen molar-refractivity contribution in [2.24, 2.45) is 5.92 Å². The standard InChI is InChI=1S/C31H33NO/c1-3-11-27(12-4-1)31(28-13-5-2-6-14-28)33-23-20-25-18-21-32(22-19-25)24-29-16-9-15-26-10-7-8-17-30(26)29/h1-17,25,31H,18-24H2. The van der Waals surface area contributed by atoms with E-state index in [4.69, 9.17) is 4.74 Å². The second-order valence-electron chi connectivity index (χ2n) is 9.22. The van der Waals surface area contributed by atoms with Gasteiger partial charge in [-0.05, 0) is 65.7 Å². The molecule has 1 aliphatic rings. The Labute approximate surface area is 197 Å². The van der Waals surface area contributed by atoms with Crippen LogP contribution in [0.2, 0.25) is 0 Å². The summed E-state index contributed by atoms with van der Waals surface area (Å²) in [6.07, 6.45) is 3.67. The van der Waals surface area contributed by atoms with E-state index < -0.39 is 0 Å². The number of benzene rings is 4. The highest BCUT2D eigenvalue weighted by atomic mass is 16.5. The smallest absolute Gasteiger partial charge is 0.108 e. The molecular weight excluding hydrogens is 402 g/mol. The lowest BCUT2D eigenvalue weighted by Gasteiger charge is -2.32. The van der Waals surface area contributed by atoms with E-state index in [1.54, 1.807) is 0 Å². The van der Waals surface area contributed by atoms with Gasteiger partial charge in [0.1, 0.15) is 6.10 Å². The molecule has 1 saturated heterocycles. The third-order valence-electron chi connectivity index (χ3n) is 7.00. The Morgan fingerprint density at radius 2 is 1.30 bits per heavy atom. The summed E-state index contributed by atoms with van der Waals surface area (Å²) >= 11 is 0. The first-order chi connectivity index (χ1) is 16.4. The summed E-state index contributed by atoms with van der Waals surface area (Å²) in [5.74, 6) is 0.751. The molecule has 0 unspecified atom stereocenters. The molecule has 0 amide bonds. The van der Waals surface area contributed by atoms with Gasteiger partial charge in [0.25, 0.3) is 0 Å². The average Bonchev–Trinajstić information content (AvgIpc) is 2.89. The number of likely N-dealkylation sites (tertiary alicyclic amines) is 1. The average molecular weight is 436 g/mol. The van der Waals surface area contributed by atoms with Gasteiger partial charge in [0.15, 0.2) is 0 Å². The molecule has 0 aromatic heterocycles. The Hall–Kier alpha value is -2.94. The summed E-state index contributed by atoms with van der Waals surface area (Å²) in [4.78, 5) is 2.62. The molecule has 168 valence electrons. The van der Waals surface area contributed by atoms with Crippen LogP contribution >= 0.6 is 0 Å². The molecule has 0 atom stereocenters. The predicted octanol–water partition coefficient (Wildman–Crippen LogP) is 7.25. The first kappa shape index (κ1) is 21.9. The van der Waals surface area contributed by atoms with Crippen LogP contribution in [-0.2, 0) is 11.3 Å². The minimum absolute atomic E-state index is 0.0128. The van der Waals surface area contributed by atoms with Gasteiger partial charge in [0.05, 0.1) is 0 Å². The van der Waals surface area contributed by atoms with E-state index in [0.717, 1.165) is 25.5 Å². The Morgan fingerprint density at radius 1 is 0.697 bits per heavy atom. The number of ether oxygens (including phenoxy) is 1. The Kier molecular flexibility index (Phi) is 7.15. The van der Waals surface area contributed by atoms with Crippen molar-refractivity contribution in [3.8, 4) is 0 Å². The van der Waals surface area contributed by atoms with E-state index in [-0.39, 0.29) is 6.10 Å². The van der Waals surface area contributed by atoms with E-state index in [0.29, 0.717) is 0 Å². The van der Waals surface area contributed by atoms with Gasteiger partial charge < -0.3 is 4.74 Å². The number of nitrogens with zero attached hydrogens (tertiary/aromatic N) is 1. The highest BCUT2D eigenvalue weighted by molar-refractivity contribution is 5.85. The minimum atomic E-state index is 0.0128. The van der Waals surface area contributed by atoms with Crippen LogP contribution in [0.25, 0.3) is 10.8 Å². The molecule has 1 aliphatic heterocycles. The third-order valence-corrected chi connectivity index (χ3v) is 7.00. The molecule has 33 heavy (non-hydrogen) atoms. The van der Waals surface area contributed by atoms with E-state index in [1.807, 2.05) is 0 Å². The summed E-state index contributed by atoms with van der Waals surface area (Å²) in [5.41, 5.74) is 3.91. The van der Waals surface area contributed by atoms with Gasteiger partial charge in [-0.25, -0.2) is 0 Å². The van der Waals surface area contributed by atoms with Crippen LogP contribution in [0.15, 0.2) is 103 Å². The lowest BCUT2D eigenvalue weighted by atomic mass is 9.93. The fourth-order valence-electron chi connectivity index (χ4n) is 5.10. The van der Waals surface area contributed by atoms with Gasteiger partial charge in [-0.1, -0.05) is 103 Å². The van der Waals surface area contributed by atoms with Crippen molar-refractivity contribution in [1.82, 2.24) is 4.90 Å². The van der Waals surface area contributed by atoms with E-state index >= 15 is 0 Å². The molecule has 0 radical (unpaired) electrons. The fourth-order valence-corrected chi connectivity index (χ4v) is 5.10. The molecule has 0 saturated carbocycles. The van der Waals surface area contributed by atoms with Crippen molar-refractivity contribution in [3.05, 3.63) is 120 Å². The van der Waals surface area contributed by atoms with E-state index in [9.17, 15) is 0 Å². The Balaban J connectivity index is 1.14. The Morgan fingerprint density at radius 3 is 2.00 bits per heavy atom. The van der Waals surface area contributed by atoms with Gasteiger partial charge in [-0.15, -0.1) is 0 Å². The topological polar surface area (TPSA) is 12.5 Å². The summed E-state index contributed by atoms with van der Waals surface area (Å²) in [6.45, 7) is 4.21. The highest BCUT2D eigenvalue weighted by Crippen LogP contribution is 2.28. The number of fused-ring (bicyclic) bond motifs is 1. The number of hydrogen-bond donors (Lipinski definition) is 0. The third kappa shape index (κ3) is 5.52. The predicted molar refractivity (Wildman–Crippen MR) is 137 cm³/mol. The van der Waals surface area contributed by atoms with Gasteiger partial charge >= 0.3 is 0 Å². The first-order valence-corrected chi connectivity index (χ1v) is 12.3.